The minimum absolute atomic E-state index is 0.413. The molecule has 0 aliphatic rings. The van der Waals surface area contributed by atoms with Crippen LogP contribution in [0, 0.1) is 13.8 Å². The molecule has 6 nitrogen and oxygen atoms in total. The van der Waals surface area contributed by atoms with Gasteiger partial charge in [0.25, 0.3) is 5.91 Å². The SMILES string of the molecule is Cc1ccccc1N(NC(=O)CC(=O)N(C)N(C(=S)c1ccccc1)c1ccccc1C)C(=S)c1ccccc1. The predicted molar refractivity (Wildman–Crippen MR) is 169 cm³/mol. The van der Waals surface area contributed by atoms with E-state index in [1.54, 1.807) is 17.1 Å². The lowest BCUT2D eigenvalue weighted by molar-refractivity contribution is -0.135. The van der Waals surface area contributed by atoms with Crippen molar-refractivity contribution in [3.63, 3.8) is 0 Å². The molecule has 4 aromatic carbocycles. The van der Waals surface area contributed by atoms with E-state index in [1.807, 2.05) is 123 Å². The Kier molecular flexibility index (Phi) is 9.37. The Morgan fingerprint density at radius 1 is 0.650 bits per heavy atom. The molecule has 4 aromatic rings. The lowest BCUT2D eigenvalue weighted by atomic mass is 10.1. The van der Waals surface area contributed by atoms with Crippen LogP contribution in [-0.4, -0.2) is 33.8 Å². The van der Waals surface area contributed by atoms with Gasteiger partial charge in [-0.2, -0.15) is 0 Å². The van der Waals surface area contributed by atoms with Crippen LogP contribution >= 0.6 is 24.4 Å². The second-order valence-electron chi connectivity index (χ2n) is 9.19. The fourth-order valence-electron chi connectivity index (χ4n) is 4.18. The van der Waals surface area contributed by atoms with Crippen LogP contribution in [0.3, 0.4) is 0 Å². The van der Waals surface area contributed by atoms with Crippen LogP contribution in [0.5, 0.6) is 0 Å². The largest absolute Gasteiger partial charge is 0.273 e. The maximum atomic E-state index is 13.6. The molecule has 0 heterocycles. The number of carbonyl (C=O) groups excluding carboxylic acids is 2. The van der Waals surface area contributed by atoms with Gasteiger partial charge in [0.15, 0.2) is 0 Å². The molecule has 0 unspecified atom stereocenters. The van der Waals surface area contributed by atoms with Crippen molar-refractivity contribution in [2.24, 2.45) is 0 Å². The highest BCUT2D eigenvalue weighted by molar-refractivity contribution is 7.81. The van der Waals surface area contributed by atoms with Gasteiger partial charge in [-0.25, -0.2) is 10.0 Å². The molecule has 1 N–H and O–H groups in total. The zero-order chi connectivity index (χ0) is 28.6. The summed E-state index contributed by atoms with van der Waals surface area (Å²) >= 11 is 11.6. The minimum atomic E-state index is -0.506. The number of anilines is 2. The fraction of sp³-hybridized carbons (Fsp3) is 0.125. The molecule has 0 aromatic heterocycles. The molecule has 0 saturated heterocycles. The highest BCUT2D eigenvalue weighted by Gasteiger charge is 2.27. The van der Waals surface area contributed by atoms with Crippen LogP contribution in [0.15, 0.2) is 109 Å². The number of hydrogen-bond donors (Lipinski definition) is 1. The summed E-state index contributed by atoms with van der Waals surface area (Å²) < 4.78 is 0. The molecule has 0 aliphatic heterocycles. The van der Waals surface area contributed by atoms with Gasteiger partial charge in [-0.3, -0.25) is 20.0 Å². The van der Waals surface area contributed by atoms with Crippen molar-refractivity contribution in [2.75, 3.05) is 17.1 Å². The Morgan fingerprint density at radius 2 is 1.10 bits per heavy atom. The number of benzene rings is 4. The maximum absolute atomic E-state index is 13.6. The second-order valence-corrected chi connectivity index (χ2v) is 9.97. The first kappa shape index (κ1) is 28.6. The van der Waals surface area contributed by atoms with E-state index in [4.69, 9.17) is 24.4 Å². The van der Waals surface area contributed by atoms with E-state index in [-0.39, 0.29) is 0 Å². The first-order valence-electron chi connectivity index (χ1n) is 12.7. The Morgan fingerprint density at radius 3 is 1.62 bits per heavy atom. The predicted octanol–water partition coefficient (Wildman–Crippen LogP) is 6.16. The zero-order valence-corrected chi connectivity index (χ0v) is 24.2. The average molecular weight is 567 g/mol. The van der Waals surface area contributed by atoms with Crippen LogP contribution in [-0.2, 0) is 9.59 Å². The van der Waals surface area contributed by atoms with Crippen molar-refractivity contribution in [1.82, 2.24) is 10.4 Å². The zero-order valence-electron chi connectivity index (χ0n) is 22.6. The third-order valence-corrected chi connectivity index (χ3v) is 7.17. The summed E-state index contributed by atoms with van der Waals surface area (Å²) in [6, 6.07) is 34.1. The fourth-order valence-corrected chi connectivity index (χ4v) is 4.82. The molecule has 0 atom stereocenters. The number of thiocarbonyl (C=S) groups is 2. The Bertz CT molecular complexity index is 1530. The van der Waals surface area contributed by atoms with E-state index < -0.39 is 18.2 Å². The van der Waals surface area contributed by atoms with Crippen LogP contribution < -0.4 is 15.4 Å². The molecule has 0 aliphatic carbocycles. The number of amides is 2. The number of rotatable bonds is 6. The van der Waals surface area contributed by atoms with E-state index in [9.17, 15) is 9.59 Å². The number of carbonyl (C=O) groups is 2. The van der Waals surface area contributed by atoms with Crippen LogP contribution in [0.25, 0.3) is 0 Å². The van der Waals surface area contributed by atoms with Crippen molar-refractivity contribution in [3.8, 4) is 0 Å². The van der Waals surface area contributed by atoms with Gasteiger partial charge >= 0.3 is 0 Å². The monoisotopic (exact) mass is 566 g/mol. The lowest BCUT2D eigenvalue weighted by Gasteiger charge is -2.35. The van der Waals surface area contributed by atoms with Gasteiger partial charge < -0.3 is 0 Å². The van der Waals surface area contributed by atoms with E-state index in [0.717, 1.165) is 33.6 Å². The summed E-state index contributed by atoms with van der Waals surface area (Å²) in [5, 5.41) is 4.62. The molecule has 0 fully saturated rings. The smallest absolute Gasteiger partial charge is 0.250 e. The number of aryl methyl sites for hydroxylation is 2. The lowest BCUT2D eigenvalue weighted by Crippen LogP contribution is -2.51. The number of para-hydroxylation sites is 2. The van der Waals surface area contributed by atoms with Crippen molar-refractivity contribution in [1.29, 1.82) is 0 Å². The number of hydrazine groups is 2. The minimum Gasteiger partial charge on any atom is -0.273 e. The van der Waals surface area contributed by atoms with Crippen LogP contribution in [0.4, 0.5) is 11.4 Å². The molecule has 40 heavy (non-hydrogen) atoms. The Labute approximate surface area is 245 Å². The standard InChI is InChI=1S/C32H30N4O2S2/c1-23-14-10-12-20-27(23)35(31(39)25-16-6-4-7-17-25)33-29(37)22-30(38)34(3)36(28-21-13-11-15-24(28)2)32(40)26-18-8-5-9-19-26/h4-21H,22H2,1-3H3,(H,33,37). The van der Waals surface area contributed by atoms with Gasteiger partial charge in [-0.05, 0) is 37.1 Å². The van der Waals surface area contributed by atoms with Crippen molar-refractivity contribution in [3.05, 3.63) is 131 Å². The van der Waals surface area contributed by atoms with Crippen LogP contribution in [0.2, 0.25) is 0 Å². The van der Waals surface area contributed by atoms with Gasteiger partial charge in [0.05, 0.1) is 11.4 Å². The average Bonchev–Trinajstić information content (AvgIpc) is 2.98. The van der Waals surface area contributed by atoms with Gasteiger partial charge in [0.1, 0.15) is 16.4 Å². The second kappa shape index (κ2) is 13.1. The number of nitrogens with one attached hydrogen (secondary N) is 1. The first-order chi connectivity index (χ1) is 19.3. The molecule has 2 amide bonds. The molecule has 0 bridgehead atoms. The number of nitrogens with zero attached hydrogens (tertiary/aromatic N) is 3. The van der Waals surface area contributed by atoms with E-state index in [2.05, 4.69) is 5.43 Å². The molecular formula is C32H30N4O2S2. The molecule has 0 saturated carbocycles. The molecule has 0 spiro atoms. The highest BCUT2D eigenvalue weighted by atomic mass is 32.1. The van der Waals surface area contributed by atoms with Crippen molar-refractivity contribution < 1.29 is 9.59 Å². The molecule has 8 heteroatoms. The molecule has 202 valence electrons. The first-order valence-corrected chi connectivity index (χ1v) is 13.6. The summed E-state index contributed by atoms with van der Waals surface area (Å²) in [4.78, 5) is 27.8. The van der Waals surface area contributed by atoms with Gasteiger partial charge in [-0.15, -0.1) is 0 Å². The van der Waals surface area contributed by atoms with Gasteiger partial charge in [0, 0.05) is 18.2 Å². The normalized spacial score (nSPS) is 10.4. The summed E-state index contributed by atoms with van der Waals surface area (Å²) in [7, 11) is 1.62. The third-order valence-electron chi connectivity index (χ3n) is 6.35. The molecule has 0 radical (unpaired) electrons. The van der Waals surface area contributed by atoms with E-state index in [0.29, 0.717) is 9.98 Å². The molecular weight excluding hydrogens is 537 g/mol. The van der Waals surface area contributed by atoms with Crippen LogP contribution in [0.1, 0.15) is 28.7 Å². The maximum Gasteiger partial charge on any atom is 0.250 e. The third kappa shape index (κ3) is 6.59. The van der Waals surface area contributed by atoms with Gasteiger partial charge in [0.2, 0.25) is 5.91 Å². The summed E-state index contributed by atoms with van der Waals surface area (Å²) in [6.45, 7) is 3.89. The summed E-state index contributed by atoms with van der Waals surface area (Å²) in [6.07, 6.45) is -0.421. The van der Waals surface area contributed by atoms with E-state index in [1.165, 1.54) is 5.01 Å². The Balaban J connectivity index is 1.59. The Hall–Kier alpha value is -4.40. The van der Waals surface area contributed by atoms with Gasteiger partial charge in [-0.1, -0.05) is 121 Å². The summed E-state index contributed by atoms with van der Waals surface area (Å²) in [5.41, 5.74) is 7.73. The van der Waals surface area contributed by atoms with Crippen molar-refractivity contribution in [2.45, 2.75) is 20.3 Å². The molecule has 4 rings (SSSR count). The topological polar surface area (TPSA) is 55.9 Å². The highest BCUT2D eigenvalue weighted by Crippen LogP contribution is 2.25. The van der Waals surface area contributed by atoms with Crippen molar-refractivity contribution >= 4 is 57.6 Å². The quantitative estimate of drug-likeness (QED) is 0.171. The number of hydrogen-bond acceptors (Lipinski definition) is 4. The summed E-state index contributed by atoms with van der Waals surface area (Å²) in [5.74, 6) is -0.942. The van der Waals surface area contributed by atoms with E-state index >= 15 is 0 Å².